The molecule has 2 aromatic rings. The molecule has 0 atom stereocenters. The van der Waals surface area contributed by atoms with Gasteiger partial charge in [-0.2, -0.15) is 0 Å². The van der Waals surface area contributed by atoms with Crippen molar-refractivity contribution in [2.45, 2.75) is 20.1 Å². The van der Waals surface area contributed by atoms with E-state index in [2.05, 4.69) is 31.4 Å². The van der Waals surface area contributed by atoms with Gasteiger partial charge in [0.25, 0.3) is 5.89 Å². The maximum absolute atomic E-state index is 5.65. The zero-order valence-corrected chi connectivity index (χ0v) is 13.6. The van der Waals surface area contributed by atoms with Crippen molar-refractivity contribution in [1.29, 1.82) is 0 Å². The van der Waals surface area contributed by atoms with Gasteiger partial charge in [0, 0.05) is 27.1 Å². The van der Waals surface area contributed by atoms with Crippen molar-refractivity contribution in [2.75, 3.05) is 20.3 Å². The zero-order valence-electron chi connectivity index (χ0n) is 12.1. The van der Waals surface area contributed by atoms with E-state index < -0.39 is 0 Å². The first-order valence-corrected chi connectivity index (χ1v) is 7.38. The summed E-state index contributed by atoms with van der Waals surface area (Å²) in [4.78, 5) is 0. The van der Waals surface area contributed by atoms with Crippen LogP contribution in [-0.4, -0.2) is 30.5 Å². The number of nitrogens with one attached hydrogen (secondary N) is 1. The number of nitrogens with zero attached hydrogens (tertiary/aromatic N) is 2. The summed E-state index contributed by atoms with van der Waals surface area (Å²) in [6, 6.07) is 5.95. The number of benzene rings is 1. The fourth-order valence-electron chi connectivity index (χ4n) is 1.71. The van der Waals surface area contributed by atoms with Crippen molar-refractivity contribution in [3.8, 4) is 5.75 Å². The molecule has 0 fully saturated rings. The molecule has 6 nitrogen and oxygen atoms in total. The molecule has 0 saturated heterocycles. The molecule has 0 aliphatic carbocycles. The number of hydrogen-bond acceptors (Lipinski definition) is 6. The zero-order chi connectivity index (χ0) is 15.1. The third-order valence-corrected chi connectivity index (χ3v) is 3.35. The van der Waals surface area contributed by atoms with E-state index in [4.69, 9.17) is 13.9 Å². The molecule has 0 aliphatic heterocycles. The molecule has 114 valence electrons. The van der Waals surface area contributed by atoms with Crippen LogP contribution in [0.5, 0.6) is 5.75 Å². The molecule has 0 spiro atoms. The normalized spacial score (nSPS) is 10.8. The second kappa shape index (κ2) is 8.11. The van der Waals surface area contributed by atoms with Crippen molar-refractivity contribution in [2.24, 2.45) is 0 Å². The molecule has 1 N–H and O–H groups in total. The van der Waals surface area contributed by atoms with Crippen LogP contribution < -0.4 is 10.1 Å². The number of aryl methyl sites for hydroxylation is 1. The molecule has 1 heterocycles. The molecule has 0 amide bonds. The second-order valence-electron chi connectivity index (χ2n) is 4.44. The Morgan fingerprint density at radius 3 is 2.86 bits per heavy atom. The van der Waals surface area contributed by atoms with Crippen LogP contribution in [0.1, 0.15) is 17.3 Å². The molecular weight excluding hydrogens is 338 g/mol. The quantitative estimate of drug-likeness (QED) is 0.733. The van der Waals surface area contributed by atoms with Gasteiger partial charge in [0.2, 0.25) is 5.89 Å². The SMILES string of the molecule is COCCNCc1ccc(OCc2nnc(C)o2)c(Br)c1. The smallest absolute Gasteiger partial charge is 0.253 e. The number of hydrogen-bond donors (Lipinski definition) is 1. The molecule has 0 bridgehead atoms. The highest BCUT2D eigenvalue weighted by Crippen LogP contribution is 2.26. The van der Waals surface area contributed by atoms with E-state index >= 15 is 0 Å². The number of methoxy groups -OCH3 is 1. The minimum atomic E-state index is 0.255. The summed E-state index contributed by atoms with van der Waals surface area (Å²) in [5.41, 5.74) is 1.17. The summed E-state index contributed by atoms with van der Waals surface area (Å²) < 4.78 is 16.8. The highest BCUT2D eigenvalue weighted by Gasteiger charge is 2.06. The lowest BCUT2D eigenvalue weighted by atomic mass is 10.2. The molecule has 0 aliphatic rings. The van der Waals surface area contributed by atoms with E-state index in [1.165, 1.54) is 5.56 Å². The van der Waals surface area contributed by atoms with Crippen molar-refractivity contribution < 1.29 is 13.9 Å². The first-order valence-electron chi connectivity index (χ1n) is 6.59. The van der Waals surface area contributed by atoms with Crippen LogP contribution in [-0.2, 0) is 17.9 Å². The molecular formula is C14H18BrN3O3. The maximum atomic E-state index is 5.65. The van der Waals surface area contributed by atoms with Crippen LogP contribution in [0, 0.1) is 6.92 Å². The second-order valence-corrected chi connectivity index (χ2v) is 5.29. The minimum absolute atomic E-state index is 0.255. The fraction of sp³-hybridized carbons (Fsp3) is 0.429. The lowest BCUT2D eigenvalue weighted by molar-refractivity contribution is 0.199. The number of aromatic nitrogens is 2. The van der Waals surface area contributed by atoms with Gasteiger partial charge in [-0.3, -0.25) is 0 Å². The first-order chi connectivity index (χ1) is 10.2. The molecule has 1 aromatic heterocycles. The van der Waals surface area contributed by atoms with E-state index in [1.54, 1.807) is 14.0 Å². The first kappa shape index (κ1) is 15.9. The van der Waals surface area contributed by atoms with Crippen molar-refractivity contribution in [3.63, 3.8) is 0 Å². The number of rotatable bonds is 8. The Kier molecular flexibility index (Phi) is 6.16. The Bertz CT molecular complexity index is 574. The van der Waals surface area contributed by atoms with Crippen molar-refractivity contribution in [3.05, 3.63) is 40.0 Å². The number of halogens is 1. The summed E-state index contributed by atoms with van der Waals surface area (Å²) in [6.07, 6.45) is 0. The van der Waals surface area contributed by atoms with E-state index in [9.17, 15) is 0 Å². The molecule has 2 rings (SSSR count). The molecule has 1 aromatic carbocycles. The topological polar surface area (TPSA) is 69.4 Å². The van der Waals surface area contributed by atoms with E-state index in [-0.39, 0.29) is 6.61 Å². The van der Waals surface area contributed by atoms with Gasteiger partial charge in [-0.15, -0.1) is 10.2 Å². The molecule has 21 heavy (non-hydrogen) atoms. The summed E-state index contributed by atoms with van der Waals surface area (Å²) in [6.45, 7) is 4.31. The van der Waals surface area contributed by atoms with Gasteiger partial charge in [0.1, 0.15) is 5.75 Å². The van der Waals surface area contributed by atoms with Gasteiger partial charge < -0.3 is 19.2 Å². The van der Waals surface area contributed by atoms with Crippen LogP contribution in [0.2, 0.25) is 0 Å². The van der Waals surface area contributed by atoms with Crippen LogP contribution in [0.3, 0.4) is 0 Å². The summed E-state index contributed by atoms with van der Waals surface area (Å²) in [7, 11) is 1.69. The number of ether oxygens (including phenoxy) is 2. The third kappa shape index (κ3) is 5.11. The van der Waals surface area contributed by atoms with Gasteiger partial charge in [0.15, 0.2) is 6.61 Å². The average molecular weight is 356 g/mol. The Morgan fingerprint density at radius 2 is 2.19 bits per heavy atom. The van der Waals surface area contributed by atoms with E-state index in [1.807, 2.05) is 18.2 Å². The molecule has 0 unspecified atom stereocenters. The standard InChI is InChI=1S/C14H18BrN3O3/c1-10-17-18-14(21-10)9-20-13-4-3-11(7-12(13)15)8-16-5-6-19-2/h3-4,7,16H,5-6,8-9H2,1-2H3. The van der Waals surface area contributed by atoms with Crippen molar-refractivity contribution in [1.82, 2.24) is 15.5 Å². The van der Waals surface area contributed by atoms with Crippen molar-refractivity contribution >= 4 is 15.9 Å². The minimum Gasteiger partial charge on any atom is -0.483 e. The van der Waals surface area contributed by atoms with E-state index in [0.29, 0.717) is 18.4 Å². The van der Waals surface area contributed by atoms with Gasteiger partial charge >= 0.3 is 0 Å². The Morgan fingerprint density at radius 1 is 1.33 bits per heavy atom. The van der Waals surface area contributed by atoms with Crippen LogP contribution in [0.15, 0.2) is 27.1 Å². The summed E-state index contributed by atoms with van der Waals surface area (Å²) in [5, 5.41) is 10.9. The fourth-order valence-corrected chi connectivity index (χ4v) is 2.25. The molecule has 0 radical (unpaired) electrons. The van der Waals surface area contributed by atoms with Crippen LogP contribution in [0.25, 0.3) is 0 Å². The lowest BCUT2D eigenvalue weighted by Crippen LogP contribution is -2.18. The van der Waals surface area contributed by atoms with Crippen LogP contribution >= 0.6 is 15.9 Å². The monoisotopic (exact) mass is 355 g/mol. The summed E-state index contributed by atoms with van der Waals surface area (Å²) >= 11 is 3.50. The van der Waals surface area contributed by atoms with Gasteiger partial charge in [-0.05, 0) is 33.6 Å². The predicted molar refractivity (Wildman–Crippen MR) is 81.1 cm³/mol. The third-order valence-electron chi connectivity index (χ3n) is 2.73. The van der Waals surface area contributed by atoms with E-state index in [0.717, 1.165) is 23.3 Å². The Labute approximate surface area is 132 Å². The predicted octanol–water partition coefficient (Wildman–Crippen LogP) is 2.46. The van der Waals surface area contributed by atoms with Gasteiger partial charge in [-0.25, -0.2) is 0 Å². The highest BCUT2D eigenvalue weighted by molar-refractivity contribution is 9.10. The van der Waals surface area contributed by atoms with Gasteiger partial charge in [0.05, 0.1) is 11.1 Å². The Balaban J connectivity index is 1.86. The van der Waals surface area contributed by atoms with Gasteiger partial charge in [-0.1, -0.05) is 6.07 Å². The molecule has 7 heteroatoms. The summed E-state index contributed by atoms with van der Waals surface area (Å²) in [5.74, 6) is 1.74. The molecule has 0 saturated carbocycles. The Hall–Kier alpha value is -1.44. The highest BCUT2D eigenvalue weighted by atomic mass is 79.9. The van der Waals surface area contributed by atoms with Crippen LogP contribution in [0.4, 0.5) is 0 Å². The maximum Gasteiger partial charge on any atom is 0.253 e. The largest absolute Gasteiger partial charge is 0.483 e. The lowest BCUT2D eigenvalue weighted by Gasteiger charge is -2.09. The average Bonchev–Trinajstić information content (AvgIpc) is 2.88.